The molecule has 2 heterocycles. The smallest absolute Gasteiger partial charge is 0.209 e. The largest absolute Gasteiger partial charge is 1.00 e. The molecule has 25 heavy (non-hydrogen) atoms. The van der Waals surface area contributed by atoms with Gasteiger partial charge in [-0.2, -0.15) is 4.58 Å². The molecule has 0 radical (unpaired) electrons. The first kappa shape index (κ1) is 17.5. The highest BCUT2D eigenvalue weighted by Crippen LogP contribution is 2.39. The van der Waals surface area contributed by atoms with Crippen LogP contribution < -0.4 is 12.4 Å². The van der Waals surface area contributed by atoms with Gasteiger partial charge in [0.25, 0.3) is 0 Å². The number of hydrogen-bond acceptors (Lipinski definition) is 0. The van der Waals surface area contributed by atoms with Gasteiger partial charge in [-0.15, -0.1) is 0 Å². The van der Waals surface area contributed by atoms with Gasteiger partial charge in [-0.05, 0) is 56.0 Å². The number of rotatable bonds is 3. The molecule has 0 atom stereocenters. The van der Waals surface area contributed by atoms with E-state index < -0.39 is 0 Å². The minimum absolute atomic E-state index is 0. The van der Waals surface area contributed by atoms with Crippen LogP contribution in [-0.2, 0) is 5.41 Å². The molecule has 3 aromatic rings. The van der Waals surface area contributed by atoms with Crippen molar-refractivity contribution in [3.8, 4) is 0 Å². The van der Waals surface area contributed by atoms with E-state index in [1.807, 2.05) is 6.20 Å². The molecular formula is C22H23ClN2. The minimum Gasteiger partial charge on any atom is -1.00 e. The maximum atomic E-state index is 3.25. The molecule has 0 fully saturated rings. The predicted octanol–water partition coefficient (Wildman–Crippen LogP) is 2.28. The van der Waals surface area contributed by atoms with E-state index in [0.29, 0.717) is 0 Å². The Hall–Kier alpha value is -2.32. The van der Waals surface area contributed by atoms with E-state index in [0.717, 1.165) is 6.54 Å². The number of hydrogen-bond donors (Lipinski definition) is 1. The zero-order valence-corrected chi connectivity index (χ0v) is 15.6. The van der Waals surface area contributed by atoms with Crippen molar-refractivity contribution in [3.63, 3.8) is 0 Å². The maximum Gasteiger partial charge on any atom is 0.209 e. The lowest BCUT2D eigenvalue weighted by molar-refractivity contribution is -0.433. The number of aromatic nitrogens is 1. The number of allylic oxidation sites excluding steroid dienone is 1. The molecule has 1 aliphatic heterocycles. The standard InChI is InChI=1S/C22H22N2.ClH/c1-4-24-20-8-6-5-7-18(20)22(2,3)21(24)12-10-16-9-11-19-17(15-16)13-14-23-19;/h5-15H,4H2,1-3H3;1H. The Morgan fingerprint density at radius 1 is 1.04 bits per heavy atom. The Kier molecular flexibility index (Phi) is 4.57. The fourth-order valence-corrected chi connectivity index (χ4v) is 3.83. The molecule has 1 aliphatic rings. The average molecular weight is 351 g/mol. The van der Waals surface area contributed by atoms with Crippen LogP contribution in [0.2, 0.25) is 0 Å². The van der Waals surface area contributed by atoms with E-state index in [4.69, 9.17) is 0 Å². The number of benzene rings is 2. The first-order valence-corrected chi connectivity index (χ1v) is 8.61. The Morgan fingerprint density at radius 3 is 2.64 bits per heavy atom. The number of nitrogens with one attached hydrogen (secondary N) is 1. The fourth-order valence-electron chi connectivity index (χ4n) is 3.83. The Bertz CT molecular complexity index is 976. The number of H-pyrrole nitrogens is 1. The highest BCUT2D eigenvalue weighted by Gasteiger charge is 2.43. The Labute approximate surface area is 155 Å². The van der Waals surface area contributed by atoms with Gasteiger partial charge >= 0.3 is 0 Å². The van der Waals surface area contributed by atoms with Crippen molar-refractivity contribution >= 4 is 28.4 Å². The highest BCUT2D eigenvalue weighted by atomic mass is 35.5. The van der Waals surface area contributed by atoms with Crippen molar-refractivity contribution in [3.05, 3.63) is 71.9 Å². The molecule has 1 aromatic heterocycles. The fraction of sp³-hybridized carbons (Fsp3) is 0.227. The van der Waals surface area contributed by atoms with Crippen LogP contribution in [0.25, 0.3) is 17.0 Å². The highest BCUT2D eigenvalue weighted by molar-refractivity contribution is 6.05. The molecule has 0 aliphatic carbocycles. The zero-order valence-electron chi connectivity index (χ0n) is 14.9. The third kappa shape index (κ3) is 2.81. The lowest BCUT2D eigenvalue weighted by Crippen LogP contribution is -3.00. The summed E-state index contributed by atoms with van der Waals surface area (Å²) in [6.07, 6.45) is 6.51. The zero-order chi connectivity index (χ0) is 16.7. The van der Waals surface area contributed by atoms with Crippen LogP contribution in [0.5, 0.6) is 0 Å². The van der Waals surface area contributed by atoms with Crippen molar-refractivity contribution in [2.75, 3.05) is 6.54 Å². The third-order valence-corrected chi connectivity index (χ3v) is 5.13. The average Bonchev–Trinajstić information content (AvgIpc) is 3.13. The number of fused-ring (bicyclic) bond motifs is 2. The minimum atomic E-state index is 0. The van der Waals surface area contributed by atoms with Crippen LogP contribution in [0.3, 0.4) is 0 Å². The summed E-state index contributed by atoms with van der Waals surface area (Å²) in [5.41, 5.74) is 6.56. The number of nitrogens with zero attached hydrogens (tertiary/aromatic N) is 1. The van der Waals surface area contributed by atoms with E-state index in [-0.39, 0.29) is 17.8 Å². The monoisotopic (exact) mass is 350 g/mol. The van der Waals surface area contributed by atoms with E-state index in [1.165, 1.54) is 33.4 Å². The summed E-state index contributed by atoms with van der Waals surface area (Å²) >= 11 is 0. The van der Waals surface area contributed by atoms with E-state index in [1.54, 1.807) is 0 Å². The lowest BCUT2D eigenvalue weighted by atomic mass is 9.81. The molecule has 2 nitrogen and oxygen atoms in total. The maximum absolute atomic E-state index is 3.25. The molecule has 0 spiro atoms. The van der Waals surface area contributed by atoms with Gasteiger partial charge in [-0.25, -0.2) is 0 Å². The summed E-state index contributed by atoms with van der Waals surface area (Å²) in [5.74, 6) is 0. The molecule has 3 heteroatoms. The molecule has 0 unspecified atom stereocenters. The molecule has 4 rings (SSSR count). The van der Waals surface area contributed by atoms with Crippen LogP contribution in [-0.4, -0.2) is 21.8 Å². The van der Waals surface area contributed by atoms with Crippen LogP contribution >= 0.6 is 0 Å². The normalized spacial score (nSPS) is 15.6. The van der Waals surface area contributed by atoms with E-state index in [9.17, 15) is 0 Å². The summed E-state index contributed by atoms with van der Waals surface area (Å²) in [6, 6.07) is 17.4. The Balaban J connectivity index is 0.00000182. The van der Waals surface area contributed by atoms with E-state index in [2.05, 4.69) is 91.0 Å². The lowest BCUT2D eigenvalue weighted by Gasteiger charge is -2.15. The first-order chi connectivity index (χ1) is 11.6. The topological polar surface area (TPSA) is 18.8 Å². The molecule has 0 amide bonds. The van der Waals surface area contributed by atoms with Crippen LogP contribution in [0.15, 0.2) is 60.8 Å². The second-order valence-corrected chi connectivity index (χ2v) is 6.93. The molecule has 0 saturated carbocycles. The third-order valence-electron chi connectivity index (χ3n) is 5.13. The van der Waals surface area contributed by atoms with Gasteiger partial charge in [0.15, 0.2) is 5.71 Å². The molecule has 0 saturated heterocycles. The van der Waals surface area contributed by atoms with E-state index >= 15 is 0 Å². The second kappa shape index (κ2) is 6.53. The number of halogens is 1. The molecular weight excluding hydrogens is 328 g/mol. The van der Waals surface area contributed by atoms with Crippen molar-refractivity contribution in [2.24, 2.45) is 0 Å². The number of aromatic amines is 1. The summed E-state index contributed by atoms with van der Waals surface area (Å²) in [4.78, 5) is 3.25. The predicted molar refractivity (Wildman–Crippen MR) is 102 cm³/mol. The summed E-state index contributed by atoms with van der Waals surface area (Å²) < 4.78 is 2.43. The van der Waals surface area contributed by atoms with Crippen molar-refractivity contribution in [1.82, 2.24) is 4.98 Å². The van der Waals surface area contributed by atoms with Crippen molar-refractivity contribution in [1.29, 1.82) is 0 Å². The van der Waals surface area contributed by atoms with Gasteiger partial charge in [0.2, 0.25) is 5.69 Å². The van der Waals surface area contributed by atoms with Gasteiger partial charge in [0, 0.05) is 29.4 Å². The van der Waals surface area contributed by atoms with Crippen molar-refractivity contribution in [2.45, 2.75) is 26.2 Å². The van der Waals surface area contributed by atoms with Gasteiger partial charge in [0.05, 0.1) is 5.41 Å². The van der Waals surface area contributed by atoms with Crippen LogP contribution in [0, 0.1) is 0 Å². The second-order valence-electron chi connectivity index (χ2n) is 6.93. The van der Waals surface area contributed by atoms with Crippen LogP contribution in [0.1, 0.15) is 31.9 Å². The quantitative estimate of drug-likeness (QED) is 0.699. The molecule has 0 bridgehead atoms. The number of para-hydroxylation sites is 1. The summed E-state index contributed by atoms with van der Waals surface area (Å²) in [6.45, 7) is 7.84. The molecule has 2 aromatic carbocycles. The van der Waals surface area contributed by atoms with Gasteiger partial charge in [-0.1, -0.05) is 24.3 Å². The van der Waals surface area contributed by atoms with Crippen LogP contribution in [0.4, 0.5) is 5.69 Å². The molecule has 128 valence electrons. The molecule has 1 N–H and O–H groups in total. The van der Waals surface area contributed by atoms with Gasteiger partial charge < -0.3 is 17.4 Å². The summed E-state index contributed by atoms with van der Waals surface area (Å²) in [7, 11) is 0. The first-order valence-electron chi connectivity index (χ1n) is 8.61. The SMILES string of the molecule is CC[N+]1=C(/C=C/c2ccc3[nH]ccc3c2)C(C)(C)c2ccccc21.[Cl-]. The Morgan fingerprint density at radius 2 is 1.84 bits per heavy atom. The van der Waals surface area contributed by atoms with Crippen molar-refractivity contribution < 1.29 is 17.0 Å². The van der Waals surface area contributed by atoms with Gasteiger partial charge in [0.1, 0.15) is 6.54 Å². The summed E-state index contributed by atoms with van der Waals surface area (Å²) in [5, 5.41) is 1.25. The van der Waals surface area contributed by atoms with Gasteiger partial charge in [-0.3, -0.25) is 0 Å².